The molecule has 142 valence electrons. The van der Waals surface area contributed by atoms with Crippen molar-refractivity contribution in [1.82, 2.24) is 4.90 Å². The Morgan fingerprint density at radius 1 is 1.18 bits per heavy atom. The molecule has 0 aromatic heterocycles. The van der Waals surface area contributed by atoms with E-state index >= 15 is 0 Å². The number of imide groups is 1. The fourth-order valence-corrected chi connectivity index (χ4v) is 3.70. The van der Waals surface area contributed by atoms with E-state index in [1.54, 1.807) is 0 Å². The molecule has 0 spiro atoms. The molecule has 0 radical (unpaired) electrons. The van der Waals surface area contributed by atoms with Gasteiger partial charge in [-0.05, 0) is 36.4 Å². The highest BCUT2D eigenvalue weighted by atomic mass is 32.2. The van der Waals surface area contributed by atoms with Gasteiger partial charge in [0, 0.05) is 0 Å². The second kappa shape index (κ2) is 7.01. The second-order valence-electron chi connectivity index (χ2n) is 6.27. The van der Waals surface area contributed by atoms with Gasteiger partial charge in [0.25, 0.3) is 16.8 Å². The summed E-state index contributed by atoms with van der Waals surface area (Å²) in [5.41, 5.74) is 1.85. The second-order valence-corrected chi connectivity index (χ2v) is 7.27. The van der Waals surface area contributed by atoms with Gasteiger partial charge in [-0.2, -0.15) is 0 Å². The highest BCUT2D eigenvalue weighted by Crippen LogP contribution is 2.41. The van der Waals surface area contributed by atoms with Crippen LogP contribution in [-0.2, 0) is 11.3 Å². The number of fused-ring (bicyclic) bond motifs is 1. The smallest absolute Gasteiger partial charge is 0.293 e. The van der Waals surface area contributed by atoms with Crippen molar-refractivity contribution in [2.75, 3.05) is 6.79 Å². The maximum atomic E-state index is 12.7. The number of hydrogen-bond donors (Lipinski definition) is 0. The van der Waals surface area contributed by atoms with Crippen LogP contribution in [0, 0.1) is 17.0 Å². The van der Waals surface area contributed by atoms with E-state index in [1.165, 1.54) is 18.2 Å². The van der Waals surface area contributed by atoms with E-state index < -0.39 is 16.1 Å². The number of hydrogen-bond acceptors (Lipinski definition) is 7. The number of nitrogens with zero attached hydrogens (tertiary/aromatic N) is 2. The van der Waals surface area contributed by atoms with Crippen LogP contribution in [0.2, 0.25) is 0 Å². The van der Waals surface area contributed by atoms with Gasteiger partial charge in [-0.3, -0.25) is 24.6 Å². The number of nitro groups is 1. The van der Waals surface area contributed by atoms with Crippen molar-refractivity contribution in [1.29, 1.82) is 0 Å². The van der Waals surface area contributed by atoms with Crippen LogP contribution in [0.4, 0.5) is 10.5 Å². The third-order valence-electron chi connectivity index (χ3n) is 4.34. The van der Waals surface area contributed by atoms with E-state index in [2.05, 4.69) is 0 Å². The number of thioether (sulfide) groups is 1. The first-order valence-corrected chi connectivity index (χ1v) is 9.13. The fourth-order valence-electron chi connectivity index (χ4n) is 2.87. The molecule has 0 aliphatic carbocycles. The molecule has 4 rings (SSSR count). The Morgan fingerprint density at radius 2 is 1.86 bits per heavy atom. The van der Waals surface area contributed by atoms with Crippen LogP contribution in [0.25, 0.3) is 6.08 Å². The highest BCUT2D eigenvalue weighted by molar-refractivity contribution is 8.18. The molecule has 1 fully saturated rings. The Labute approximate surface area is 163 Å². The molecule has 2 aromatic carbocycles. The minimum atomic E-state index is -0.565. The molecule has 9 heteroatoms. The van der Waals surface area contributed by atoms with E-state index in [0.29, 0.717) is 5.75 Å². The lowest BCUT2D eigenvalue weighted by molar-refractivity contribution is -0.385. The SMILES string of the molecule is Cc1ccc(CN2C(=O)S/C(=C\c3cc4c(cc3[N+](=O)[O-])OCO4)C2=O)cc1. The van der Waals surface area contributed by atoms with Crippen molar-refractivity contribution in [3.63, 3.8) is 0 Å². The zero-order valence-corrected chi connectivity index (χ0v) is 15.5. The molecular weight excluding hydrogens is 384 g/mol. The molecule has 0 N–H and O–H groups in total. The van der Waals surface area contributed by atoms with E-state index in [0.717, 1.165) is 27.8 Å². The zero-order valence-electron chi connectivity index (χ0n) is 14.7. The fraction of sp³-hybridized carbons (Fsp3) is 0.158. The summed E-state index contributed by atoms with van der Waals surface area (Å²) in [6.07, 6.45) is 1.35. The van der Waals surface area contributed by atoms with Gasteiger partial charge in [0.1, 0.15) is 0 Å². The van der Waals surface area contributed by atoms with Crippen LogP contribution in [-0.4, -0.2) is 27.8 Å². The van der Waals surface area contributed by atoms with Crippen molar-refractivity contribution >= 4 is 34.7 Å². The van der Waals surface area contributed by atoms with Crippen LogP contribution in [0.1, 0.15) is 16.7 Å². The van der Waals surface area contributed by atoms with E-state index in [1.807, 2.05) is 31.2 Å². The number of rotatable bonds is 4. The lowest BCUT2D eigenvalue weighted by Gasteiger charge is -2.12. The molecule has 0 unspecified atom stereocenters. The summed E-state index contributed by atoms with van der Waals surface area (Å²) in [5, 5.41) is 11.0. The van der Waals surface area contributed by atoms with Crippen LogP contribution in [0.5, 0.6) is 11.5 Å². The Balaban J connectivity index is 1.64. The Bertz CT molecular complexity index is 1030. The molecule has 2 aromatic rings. The topological polar surface area (TPSA) is 99.0 Å². The van der Waals surface area contributed by atoms with Gasteiger partial charge in [0.2, 0.25) is 6.79 Å². The molecule has 2 amide bonds. The molecule has 0 saturated carbocycles. The summed E-state index contributed by atoms with van der Waals surface area (Å²) in [7, 11) is 0. The molecule has 0 atom stereocenters. The number of aryl methyl sites for hydroxylation is 1. The molecule has 2 aliphatic rings. The first kappa shape index (κ1) is 18.1. The van der Waals surface area contributed by atoms with Gasteiger partial charge < -0.3 is 9.47 Å². The van der Waals surface area contributed by atoms with E-state index in [4.69, 9.17) is 9.47 Å². The Hall–Kier alpha value is -3.33. The number of ether oxygens (including phenoxy) is 2. The van der Waals surface area contributed by atoms with Crippen LogP contribution in [0.3, 0.4) is 0 Å². The number of benzene rings is 2. The zero-order chi connectivity index (χ0) is 19.8. The van der Waals surface area contributed by atoms with E-state index in [9.17, 15) is 19.7 Å². The van der Waals surface area contributed by atoms with Gasteiger partial charge in [-0.1, -0.05) is 29.8 Å². The summed E-state index contributed by atoms with van der Waals surface area (Å²) >= 11 is 0.757. The van der Waals surface area contributed by atoms with Gasteiger partial charge >= 0.3 is 0 Å². The van der Waals surface area contributed by atoms with Crippen LogP contribution in [0.15, 0.2) is 41.3 Å². The maximum absolute atomic E-state index is 12.7. The molecule has 8 nitrogen and oxygen atoms in total. The number of carbonyl (C=O) groups excluding carboxylic acids is 2. The minimum Gasteiger partial charge on any atom is -0.454 e. The number of nitro benzene ring substituents is 1. The summed E-state index contributed by atoms with van der Waals surface area (Å²) < 4.78 is 10.4. The summed E-state index contributed by atoms with van der Waals surface area (Å²) in [6.45, 7) is 2.07. The third kappa shape index (κ3) is 3.31. The standard InChI is InChI=1S/C19H14N2O6S/c1-11-2-4-12(5-3-11)9-20-18(22)17(28-19(20)23)7-13-6-15-16(27-10-26-15)8-14(13)21(24)25/h2-8H,9-10H2,1H3/b17-7-. The Kier molecular flexibility index (Phi) is 4.52. The van der Waals surface area contributed by atoms with Crippen LogP contribution >= 0.6 is 11.8 Å². The van der Waals surface area contributed by atoms with Crippen molar-refractivity contribution < 1.29 is 24.0 Å². The van der Waals surface area contributed by atoms with Crippen molar-refractivity contribution in [2.24, 2.45) is 0 Å². The van der Waals surface area contributed by atoms with Crippen molar-refractivity contribution in [3.8, 4) is 11.5 Å². The molecule has 2 heterocycles. The summed E-state index contributed by atoms with van der Waals surface area (Å²) in [6, 6.07) is 10.2. The minimum absolute atomic E-state index is 0.0248. The number of amides is 2. The largest absolute Gasteiger partial charge is 0.454 e. The van der Waals surface area contributed by atoms with E-state index in [-0.39, 0.29) is 35.2 Å². The lowest BCUT2D eigenvalue weighted by atomic mass is 10.1. The number of carbonyl (C=O) groups is 2. The third-order valence-corrected chi connectivity index (χ3v) is 5.25. The molecule has 28 heavy (non-hydrogen) atoms. The maximum Gasteiger partial charge on any atom is 0.293 e. The predicted molar refractivity (Wildman–Crippen MR) is 102 cm³/mol. The van der Waals surface area contributed by atoms with Gasteiger partial charge in [0.05, 0.1) is 28.0 Å². The Morgan fingerprint density at radius 3 is 2.54 bits per heavy atom. The molecular formula is C19H14N2O6S. The molecule has 0 bridgehead atoms. The summed E-state index contributed by atoms with van der Waals surface area (Å²) in [5.74, 6) is 0.148. The average Bonchev–Trinajstić information content (AvgIpc) is 3.22. The molecule has 1 saturated heterocycles. The quantitative estimate of drug-likeness (QED) is 0.438. The normalized spacial score (nSPS) is 16.9. The van der Waals surface area contributed by atoms with Gasteiger partial charge in [0.15, 0.2) is 11.5 Å². The average molecular weight is 398 g/mol. The lowest BCUT2D eigenvalue weighted by Crippen LogP contribution is -2.27. The first-order valence-electron chi connectivity index (χ1n) is 8.31. The summed E-state index contributed by atoms with van der Waals surface area (Å²) in [4.78, 5) is 37.1. The first-order chi connectivity index (χ1) is 13.4. The van der Waals surface area contributed by atoms with Crippen LogP contribution < -0.4 is 9.47 Å². The van der Waals surface area contributed by atoms with Gasteiger partial charge in [-0.25, -0.2) is 0 Å². The monoisotopic (exact) mass is 398 g/mol. The van der Waals surface area contributed by atoms with Crippen molar-refractivity contribution in [2.45, 2.75) is 13.5 Å². The van der Waals surface area contributed by atoms with Crippen molar-refractivity contribution in [3.05, 3.63) is 68.1 Å². The molecule has 2 aliphatic heterocycles. The van der Waals surface area contributed by atoms with Gasteiger partial charge in [-0.15, -0.1) is 0 Å². The highest BCUT2D eigenvalue weighted by Gasteiger charge is 2.36. The predicted octanol–water partition coefficient (Wildman–Crippen LogP) is 3.87.